The van der Waals surface area contributed by atoms with Crippen LogP contribution in [-0.2, 0) is 9.47 Å². The van der Waals surface area contributed by atoms with Crippen LogP contribution in [0.4, 0.5) is 5.82 Å². The van der Waals surface area contributed by atoms with Gasteiger partial charge in [0.1, 0.15) is 17.1 Å². The molecule has 6 nitrogen and oxygen atoms in total. The zero-order valence-electron chi connectivity index (χ0n) is 8.71. The van der Waals surface area contributed by atoms with Crippen molar-refractivity contribution in [1.82, 2.24) is 4.98 Å². The summed E-state index contributed by atoms with van der Waals surface area (Å²) in [6.45, 7) is 1.59. The van der Waals surface area contributed by atoms with Gasteiger partial charge in [0.25, 0.3) is 0 Å². The molecule has 1 aromatic rings. The van der Waals surface area contributed by atoms with Crippen molar-refractivity contribution in [2.75, 3.05) is 20.0 Å². The standard InChI is InChI=1S/C9H12N2O4/c1-4-5(8(12)14-2)7(10)11-6(4)9(13)15-3/h11H,10H2,1-3H3. The topological polar surface area (TPSA) is 94.4 Å². The number of hydrogen-bond acceptors (Lipinski definition) is 5. The van der Waals surface area contributed by atoms with E-state index < -0.39 is 11.9 Å². The van der Waals surface area contributed by atoms with Crippen LogP contribution in [0.25, 0.3) is 0 Å². The Morgan fingerprint density at radius 2 is 1.73 bits per heavy atom. The molecule has 0 aromatic carbocycles. The molecule has 0 amide bonds. The molecule has 0 saturated carbocycles. The number of ether oxygens (including phenoxy) is 2. The number of nitrogens with two attached hydrogens (primary N) is 1. The van der Waals surface area contributed by atoms with Crippen LogP contribution in [-0.4, -0.2) is 31.1 Å². The van der Waals surface area contributed by atoms with Crippen LogP contribution < -0.4 is 5.73 Å². The van der Waals surface area contributed by atoms with Gasteiger partial charge in [-0.15, -0.1) is 0 Å². The van der Waals surface area contributed by atoms with Crippen LogP contribution in [0.5, 0.6) is 0 Å². The number of methoxy groups -OCH3 is 2. The number of anilines is 1. The number of carbonyl (C=O) groups is 2. The van der Waals surface area contributed by atoms with Crippen LogP contribution in [0.1, 0.15) is 26.4 Å². The fraction of sp³-hybridized carbons (Fsp3) is 0.333. The molecule has 0 saturated heterocycles. The molecule has 0 spiro atoms. The fourth-order valence-corrected chi connectivity index (χ4v) is 1.29. The third-order valence-corrected chi connectivity index (χ3v) is 2.06. The van der Waals surface area contributed by atoms with Crippen molar-refractivity contribution in [1.29, 1.82) is 0 Å². The first-order valence-electron chi connectivity index (χ1n) is 4.17. The number of esters is 2. The highest BCUT2D eigenvalue weighted by molar-refractivity contribution is 6.01. The van der Waals surface area contributed by atoms with E-state index in [9.17, 15) is 9.59 Å². The van der Waals surface area contributed by atoms with E-state index in [0.29, 0.717) is 5.56 Å². The number of carbonyl (C=O) groups excluding carboxylic acids is 2. The Morgan fingerprint density at radius 1 is 1.20 bits per heavy atom. The number of aromatic amines is 1. The molecule has 0 aliphatic rings. The second-order valence-electron chi connectivity index (χ2n) is 2.90. The molecule has 0 unspecified atom stereocenters. The summed E-state index contributed by atoms with van der Waals surface area (Å²) < 4.78 is 9.05. The minimum atomic E-state index is -0.587. The third-order valence-electron chi connectivity index (χ3n) is 2.06. The van der Waals surface area contributed by atoms with Crippen LogP contribution in [0, 0.1) is 6.92 Å². The van der Waals surface area contributed by atoms with Crippen molar-refractivity contribution < 1.29 is 19.1 Å². The minimum Gasteiger partial charge on any atom is -0.465 e. The number of rotatable bonds is 2. The first kappa shape index (κ1) is 11.1. The van der Waals surface area contributed by atoms with Crippen molar-refractivity contribution in [2.24, 2.45) is 0 Å². The maximum absolute atomic E-state index is 11.3. The molecule has 3 N–H and O–H groups in total. The van der Waals surface area contributed by atoms with E-state index in [1.165, 1.54) is 14.2 Å². The summed E-state index contributed by atoms with van der Waals surface area (Å²) in [6, 6.07) is 0. The molecule has 0 fully saturated rings. The Balaban J connectivity index is 3.26. The number of nitrogen functional groups attached to an aromatic ring is 1. The Hall–Kier alpha value is -1.98. The Morgan fingerprint density at radius 3 is 2.20 bits per heavy atom. The monoisotopic (exact) mass is 212 g/mol. The minimum absolute atomic E-state index is 0.0970. The Kier molecular flexibility index (Phi) is 2.99. The van der Waals surface area contributed by atoms with Gasteiger partial charge in [-0.05, 0) is 12.5 Å². The van der Waals surface area contributed by atoms with Crippen molar-refractivity contribution in [3.63, 3.8) is 0 Å². The Bertz CT molecular complexity index is 408. The zero-order chi connectivity index (χ0) is 11.6. The maximum Gasteiger partial charge on any atom is 0.354 e. The predicted octanol–water partition coefficient (Wildman–Crippen LogP) is 0.479. The van der Waals surface area contributed by atoms with Gasteiger partial charge in [0.15, 0.2) is 0 Å². The summed E-state index contributed by atoms with van der Waals surface area (Å²) >= 11 is 0. The van der Waals surface area contributed by atoms with Crippen LogP contribution >= 0.6 is 0 Å². The van der Waals surface area contributed by atoms with Gasteiger partial charge in [0.2, 0.25) is 0 Å². The fourth-order valence-electron chi connectivity index (χ4n) is 1.29. The van der Waals surface area contributed by atoms with E-state index in [1.807, 2.05) is 0 Å². The molecule has 0 bridgehead atoms. The average molecular weight is 212 g/mol. The van der Waals surface area contributed by atoms with Crippen LogP contribution in [0.2, 0.25) is 0 Å². The zero-order valence-corrected chi connectivity index (χ0v) is 8.71. The van der Waals surface area contributed by atoms with Crippen LogP contribution in [0.3, 0.4) is 0 Å². The summed E-state index contributed by atoms with van der Waals surface area (Å²) in [6.07, 6.45) is 0. The quantitative estimate of drug-likeness (QED) is 0.695. The largest absolute Gasteiger partial charge is 0.465 e. The van der Waals surface area contributed by atoms with Gasteiger partial charge >= 0.3 is 11.9 Å². The molecule has 1 aromatic heterocycles. The second-order valence-corrected chi connectivity index (χ2v) is 2.90. The van der Waals surface area contributed by atoms with E-state index >= 15 is 0 Å². The lowest BCUT2D eigenvalue weighted by molar-refractivity contribution is 0.0593. The summed E-state index contributed by atoms with van der Waals surface area (Å²) in [5.74, 6) is -1.06. The second kappa shape index (κ2) is 4.04. The molecule has 15 heavy (non-hydrogen) atoms. The lowest BCUT2D eigenvalue weighted by Crippen LogP contribution is -2.06. The molecule has 0 aliphatic carbocycles. The Labute approximate surface area is 86.4 Å². The highest BCUT2D eigenvalue weighted by Gasteiger charge is 2.23. The summed E-state index contributed by atoms with van der Waals surface area (Å²) in [4.78, 5) is 25.1. The average Bonchev–Trinajstić information content (AvgIpc) is 2.52. The molecule has 6 heteroatoms. The number of nitrogens with one attached hydrogen (secondary N) is 1. The first-order chi connectivity index (χ1) is 7.02. The predicted molar refractivity (Wildman–Crippen MR) is 52.6 cm³/mol. The molecule has 0 atom stereocenters. The number of aromatic nitrogens is 1. The van der Waals surface area contributed by atoms with Gasteiger partial charge in [-0.1, -0.05) is 0 Å². The van der Waals surface area contributed by atoms with E-state index in [0.717, 1.165) is 0 Å². The highest BCUT2D eigenvalue weighted by atomic mass is 16.5. The van der Waals surface area contributed by atoms with Crippen molar-refractivity contribution >= 4 is 17.8 Å². The molecule has 1 rings (SSSR count). The maximum atomic E-state index is 11.3. The van der Waals surface area contributed by atoms with Gasteiger partial charge in [0.05, 0.1) is 14.2 Å². The lowest BCUT2D eigenvalue weighted by atomic mass is 10.1. The lowest BCUT2D eigenvalue weighted by Gasteiger charge is -1.99. The van der Waals surface area contributed by atoms with Gasteiger partial charge in [0, 0.05) is 0 Å². The molecule has 1 heterocycles. The van der Waals surface area contributed by atoms with Crippen molar-refractivity contribution in [3.05, 3.63) is 16.8 Å². The van der Waals surface area contributed by atoms with Gasteiger partial charge < -0.3 is 20.2 Å². The number of hydrogen-bond donors (Lipinski definition) is 2. The number of H-pyrrole nitrogens is 1. The van der Waals surface area contributed by atoms with Crippen LogP contribution in [0.15, 0.2) is 0 Å². The normalized spacial score (nSPS) is 9.80. The molecular weight excluding hydrogens is 200 g/mol. The summed E-state index contributed by atoms with van der Waals surface area (Å²) in [5.41, 5.74) is 6.30. The van der Waals surface area contributed by atoms with Gasteiger partial charge in [-0.3, -0.25) is 0 Å². The van der Waals surface area contributed by atoms with Gasteiger partial charge in [-0.25, -0.2) is 9.59 Å². The highest BCUT2D eigenvalue weighted by Crippen LogP contribution is 2.21. The smallest absolute Gasteiger partial charge is 0.354 e. The molecule has 0 radical (unpaired) electrons. The van der Waals surface area contributed by atoms with E-state index in [4.69, 9.17) is 5.73 Å². The van der Waals surface area contributed by atoms with E-state index in [1.54, 1.807) is 6.92 Å². The van der Waals surface area contributed by atoms with E-state index in [2.05, 4.69) is 14.5 Å². The molecular formula is C9H12N2O4. The summed E-state index contributed by atoms with van der Waals surface area (Å²) in [7, 11) is 2.49. The van der Waals surface area contributed by atoms with E-state index in [-0.39, 0.29) is 17.1 Å². The van der Waals surface area contributed by atoms with Crippen molar-refractivity contribution in [2.45, 2.75) is 6.92 Å². The van der Waals surface area contributed by atoms with Crippen molar-refractivity contribution in [3.8, 4) is 0 Å². The summed E-state index contributed by atoms with van der Waals surface area (Å²) in [5, 5.41) is 0. The van der Waals surface area contributed by atoms with Gasteiger partial charge in [-0.2, -0.15) is 0 Å². The third kappa shape index (κ3) is 1.78. The molecule has 82 valence electrons. The SMILES string of the molecule is COC(=O)c1[nH]c(N)c(C(=O)OC)c1C. The molecule has 0 aliphatic heterocycles. The first-order valence-corrected chi connectivity index (χ1v) is 4.17.